The lowest BCUT2D eigenvalue weighted by Crippen LogP contribution is -2.23. The van der Waals surface area contributed by atoms with Gasteiger partial charge in [-0.05, 0) is 36.4 Å². The van der Waals surface area contributed by atoms with Crippen molar-refractivity contribution in [3.63, 3.8) is 0 Å². The SMILES string of the molecule is C=CCn1c(SCC(=O)c2ccc(F)cc2)nc2ccccc2c1=O. The second kappa shape index (κ2) is 7.44. The van der Waals surface area contributed by atoms with E-state index in [1.165, 1.54) is 40.6 Å². The van der Waals surface area contributed by atoms with Crippen LogP contribution < -0.4 is 5.56 Å². The van der Waals surface area contributed by atoms with Crippen molar-refractivity contribution in [1.29, 1.82) is 0 Å². The molecule has 0 amide bonds. The lowest BCUT2D eigenvalue weighted by Gasteiger charge is -2.11. The normalized spacial score (nSPS) is 10.8. The third-order valence-corrected chi connectivity index (χ3v) is 4.61. The molecule has 0 saturated heterocycles. The van der Waals surface area contributed by atoms with Gasteiger partial charge in [-0.2, -0.15) is 0 Å². The highest BCUT2D eigenvalue weighted by Gasteiger charge is 2.13. The van der Waals surface area contributed by atoms with Crippen LogP contribution in [0.5, 0.6) is 0 Å². The molecule has 1 aromatic heterocycles. The van der Waals surface area contributed by atoms with Crippen LogP contribution in [0, 0.1) is 5.82 Å². The molecular formula is C19H15FN2O2S. The van der Waals surface area contributed by atoms with Crippen LogP contribution in [0.1, 0.15) is 10.4 Å². The van der Waals surface area contributed by atoms with Crippen molar-refractivity contribution in [2.75, 3.05) is 5.75 Å². The van der Waals surface area contributed by atoms with Gasteiger partial charge in [0.05, 0.1) is 16.7 Å². The molecule has 0 N–H and O–H groups in total. The fraction of sp³-hybridized carbons (Fsp3) is 0.105. The Labute approximate surface area is 148 Å². The number of fused-ring (bicyclic) bond motifs is 1. The fourth-order valence-electron chi connectivity index (χ4n) is 2.40. The molecule has 25 heavy (non-hydrogen) atoms. The van der Waals surface area contributed by atoms with E-state index in [2.05, 4.69) is 11.6 Å². The van der Waals surface area contributed by atoms with Gasteiger partial charge in [-0.25, -0.2) is 9.37 Å². The first-order chi connectivity index (χ1) is 12.1. The molecule has 0 aliphatic rings. The van der Waals surface area contributed by atoms with Gasteiger partial charge in [0, 0.05) is 12.1 Å². The zero-order chi connectivity index (χ0) is 17.8. The molecule has 2 aromatic carbocycles. The number of carbonyl (C=O) groups excluding carboxylic acids is 1. The Bertz CT molecular complexity index is 996. The zero-order valence-corrected chi connectivity index (χ0v) is 14.1. The van der Waals surface area contributed by atoms with E-state index in [-0.39, 0.29) is 22.9 Å². The number of benzene rings is 2. The Balaban J connectivity index is 1.91. The molecule has 126 valence electrons. The number of rotatable bonds is 6. The molecule has 0 radical (unpaired) electrons. The van der Waals surface area contributed by atoms with Crippen LogP contribution >= 0.6 is 11.8 Å². The van der Waals surface area contributed by atoms with Crippen molar-refractivity contribution in [2.45, 2.75) is 11.7 Å². The van der Waals surface area contributed by atoms with Gasteiger partial charge in [0.1, 0.15) is 5.82 Å². The Kier molecular flexibility index (Phi) is 5.09. The Morgan fingerprint density at radius 3 is 2.64 bits per heavy atom. The van der Waals surface area contributed by atoms with Gasteiger partial charge in [-0.3, -0.25) is 14.2 Å². The Hall–Kier alpha value is -2.73. The quantitative estimate of drug-likeness (QED) is 0.293. The number of allylic oxidation sites excluding steroid dienone is 1. The number of Topliss-reactive ketones (excluding diaryl/α,β-unsaturated/α-hetero) is 1. The summed E-state index contributed by atoms with van der Waals surface area (Å²) in [6, 6.07) is 12.5. The lowest BCUT2D eigenvalue weighted by atomic mass is 10.1. The largest absolute Gasteiger partial charge is 0.293 e. The molecule has 6 heteroatoms. The molecule has 0 aliphatic carbocycles. The highest BCUT2D eigenvalue weighted by Crippen LogP contribution is 2.19. The summed E-state index contributed by atoms with van der Waals surface area (Å²) in [4.78, 5) is 29.4. The molecule has 0 atom stereocenters. The summed E-state index contributed by atoms with van der Waals surface area (Å²) in [5, 5.41) is 0.984. The molecule has 0 saturated carbocycles. The van der Waals surface area contributed by atoms with Crippen molar-refractivity contribution < 1.29 is 9.18 Å². The van der Waals surface area contributed by atoms with E-state index in [9.17, 15) is 14.0 Å². The Morgan fingerprint density at radius 1 is 1.20 bits per heavy atom. The maximum Gasteiger partial charge on any atom is 0.262 e. The molecule has 0 unspecified atom stereocenters. The number of hydrogen-bond acceptors (Lipinski definition) is 4. The molecule has 0 fully saturated rings. The third kappa shape index (κ3) is 3.69. The average Bonchev–Trinajstić information content (AvgIpc) is 2.63. The van der Waals surface area contributed by atoms with E-state index in [1.807, 2.05) is 6.07 Å². The van der Waals surface area contributed by atoms with Gasteiger partial charge in [0.15, 0.2) is 10.9 Å². The van der Waals surface area contributed by atoms with E-state index in [0.717, 1.165) is 0 Å². The minimum Gasteiger partial charge on any atom is -0.293 e. The highest BCUT2D eigenvalue weighted by atomic mass is 32.2. The number of halogens is 1. The van der Waals surface area contributed by atoms with Gasteiger partial charge in [0.2, 0.25) is 0 Å². The predicted octanol–water partition coefficient (Wildman–Crippen LogP) is 3.70. The number of ketones is 1. The molecule has 0 aliphatic heterocycles. The number of carbonyl (C=O) groups is 1. The maximum absolute atomic E-state index is 13.0. The summed E-state index contributed by atoms with van der Waals surface area (Å²) in [5.41, 5.74) is 0.846. The van der Waals surface area contributed by atoms with Gasteiger partial charge in [-0.15, -0.1) is 6.58 Å². The third-order valence-electron chi connectivity index (χ3n) is 3.64. The summed E-state index contributed by atoms with van der Waals surface area (Å²) in [6.07, 6.45) is 1.61. The molecule has 3 aromatic rings. The van der Waals surface area contributed by atoms with E-state index >= 15 is 0 Å². The van der Waals surface area contributed by atoms with Crippen LogP contribution in [-0.2, 0) is 6.54 Å². The summed E-state index contributed by atoms with van der Waals surface area (Å²) in [6.45, 7) is 3.98. The van der Waals surface area contributed by atoms with Gasteiger partial charge in [0.25, 0.3) is 5.56 Å². The van der Waals surface area contributed by atoms with Crippen LogP contribution in [0.25, 0.3) is 10.9 Å². The van der Waals surface area contributed by atoms with Crippen LogP contribution in [0.3, 0.4) is 0 Å². The molecule has 1 heterocycles. The highest BCUT2D eigenvalue weighted by molar-refractivity contribution is 7.99. The van der Waals surface area contributed by atoms with Gasteiger partial charge >= 0.3 is 0 Å². The first kappa shape index (κ1) is 17.1. The monoisotopic (exact) mass is 354 g/mol. The number of nitrogens with zero attached hydrogens (tertiary/aromatic N) is 2. The number of hydrogen-bond donors (Lipinski definition) is 0. The van der Waals surface area contributed by atoms with Crippen molar-refractivity contribution in [1.82, 2.24) is 9.55 Å². The first-order valence-corrected chi connectivity index (χ1v) is 8.61. The molecule has 0 spiro atoms. The number of thioether (sulfide) groups is 1. The molecule has 0 bridgehead atoms. The van der Waals surface area contributed by atoms with Crippen molar-refractivity contribution >= 4 is 28.4 Å². The first-order valence-electron chi connectivity index (χ1n) is 7.62. The Morgan fingerprint density at radius 2 is 1.92 bits per heavy atom. The molecule has 4 nitrogen and oxygen atoms in total. The van der Waals surface area contributed by atoms with Crippen LogP contribution in [-0.4, -0.2) is 21.1 Å². The van der Waals surface area contributed by atoms with Crippen LogP contribution in [0.2, 0.25) is 0 Å². The minimum absolute atomic E-state index is 0.105. The lowest BCUT2D eigenvalue weighted by molar-refractivity contribution is 0.102. The van der Waals surface area contributed by atoms with E-state index in [4.69, 9.17) is 0 Å². The fourth-order valence-corrected chi connectivity index (χ4v) is 3.30. The summed E-state index contributed by atoms with van der Waals surface area (Å²) < 4.78 is 14.5. The van der Waals surface area contributed by atoms with Crippen LogP contribution in [0.4, 0.5) is 4.39 Å². The smallest absolute Gasteiger partial charge is 0.262 e. The molecular weight excluding hydrogens is 339 g/mol. The van der Waals surface area contributed by atoms with Crippen molar-refractivity contribution in [3.05, 3.63) is 82.9 Å². The van der Waals surface area contributed by atoms with E-state index in [0.29, 0.717) is 28.2 Å². The molecule has 3 rings (SSSR count). The van der Waals surface area contributed by atoms with E-state index in [1.54, 1.807) is 24.3 Å². The summed E-state index contributed by atoms with van der Waals surface area (Å²) >= 11 is 1.18. The summed E-state index contributed by atoms with van der Waals surface area (Å²) in [7, 11) is 0. The topological polar surface area (TPSA) is 52.0 Å². The van der Waals surface area contributed by atoms with Crippen molar-refractivity contribution in [2.24, 2.45) is 0 Å². The number of para-hydroxylation sites is 1. The number of aromatic nitrogens is 2. The summed E-state index contributed by atoms with van der Waals surface area (Å²) in [5.74, 6) is -0.439. The standard InChI is InChI=1S/C19H15FN2O2S/c1-2-11-22-18(24)15-5-3-4-6-16(15)21-19(22)25-12-17(23)13-7-9-14(20)10-8-13/h2-10H,1,11-12H2. The van der Waals surface area contributed by atoms with Crippen LogP contribution in [0.15, 0.2) is 71.1 Å². The average molecular weight is 354 g/mol. The minimum atomic E-state index is -0.389. The second-order valence-electron chi connectivity index (χ2n) is 5.33. The van der Waals surface area contributed by atoms with Gasteiger partial charge in [-0.1, -0.05) is 30.0 Å². The van der Waals surface area contributed by atoms with Crippen molar-refractivity contribution in [3.8, 4) is 0 Å². The van der Waals surface area contributed by atoms with E-state index < -0.39 is 0 Å². The second-order valence-corrected chi connectivity index (χ2v) is 6.28. The van der Waals surface area contributed by atoms with Gasteiger partial charge < -0.3 is 0 Å². The zero-order valence-electron chi connectivity index (χ0n) is 13.3. The maximum atomic E-state index is 13.0. The predicted molar refractivity (Wildman–Crippen MR) is 97.7 cm³/mol.